The van der Waals surface area contributed by atoms with Gasteiger partial charge in [0.25, 0.3) is 0 Å². The summed E-state index contributed by atoms with van der Waals surface area (Å²) in [4.78, 5) is 5.41. The van der Waals surface area contributed by atoms with E-state index < -0.39 is 6.29 Å². The first-order valence-electron chi connectivity index (χ1n) is 14.7. The molecule has 1 saturated carbocycles. The van der Waals surface area contributed by atoms with Gasteiger partial charge in [-0.15, -0.1) is 0 Å². The monoisotopic (exact) mass is 526 g/mol. The first-order chi connectivity index (χ1) is 18.4. The molecule has 0 saturated heterocycles. The summed E-state index contributed by atoms with van der Waals surface area (Å²) in [7, 11) is 0. The third-order valence-corrected chi connectivity index (χ3v) is 7.98. The van der Waals surface area contributed by atoms with Gasteiger partial charge in [-0.05, 0) is 98.6 Å². The van der Waals surface area contributed by atoms with Gasteiger partial charge in [0, 0.05) is 6.04 Å². The zero-order valence-corrected chi connectivity index (χ0v) is 23.8. The average molecular weight is 527 g/mol. The van der Waals surface area contributed by atoms with E-state index in [0.717, 1.165) is 55.4 Å². The lowest BCUT2D eigenvalue weighted by Gasteiger charge is -2.39. The minimum absolute atomic E-state index is 0.0314. The van der Waals surface area contributed by atoms with E-state index in [-0.39, 0.29) is 12.6 Å². The number of ether oxygens (including phenoxy) is 2. The van der Waals surface area contributed by atoms with Crippen LogP contribution in [0.3, 0.4) is 0 Å². The Labute approximate surface area is 229 Å². The lowest BCUT2D eigenvalue weighted by molar-refractivity contribution is -0.180. The normalized spacial score (nSPS) is 20.3. The fourth-order valence-electron chi connectivity index (χ4n) is 5.53. The molecule has 0 aromatic heterocycles. The molecule has 2 aromatic carbocycles. The van der Waals surface area contributed by atoms with E-state index in [1.165, 1.54) is 30.4 Å². The molecule has 1 N–H and O–H groups in total. The first-order valence-corrected chi connectivity index (χ1v) is 14.7. The number of unbranched alkanes of at least 4 members (excludes halogenated alkanes) is 1. The molecule has 0 amide bonds. The van der Waals surface area contributed by atoms with Crippen molar-refractivity contribution < 1.29 is 19.4 Å². The van der Waals surface area contributed by atoms with Gasteiger partial charge in [-0.2, -0.15) is 0 Å². The second-order valence-corrected chi connectivity index (χ2v) is 10.9. The molecule has 212 valence electrons. The van der Waals surface area contributed by atoms with Gasteiger partial charge in [0.15, 0.2) is 6.29 Å². The highest BCUT2D eigenvalue weighted by Gasteiger charge is 2.22. The third-order valence-electron chi connectivity index (χ3n) is 7.98. The van der Waals surface area contributed by atoms with Gasteiger partial charge in [-0.1, -0.05) is 64.3 Å². The SMILES string of the molecule is CCCCC1CCC(N([O-])OCCOC(C)Oc2ccc(C(CC)CC(C)c3ccc(O)cc3)cc2)CC1. The Balaban J connectivity index is 1.35. The van der Waals surface area contributed by atoms with Gasteiger partial charge in [0.2, 0.25) is 0 Å². The predicted octanol–water partition coefficient (Wildman–Crippen LogP) is 8.30. The number of phenolic OH excluding ortho intramolecular Hbond substituents is 1. The Hall–Kier alpha value is -2.12. The molecule has 0 heterocycles. The molecule has 3 unspecified atom stereocenters. The van der Waals surface area contributed by atoms with E-state index in [4.69, 9.17) is 14.3 Å². The minimum Gasteiger partial charge on any atom is -0.762 e. The van der Waals surface area contributed by atoms with Crippen LogP contribution in [-0.4, -0.2) is 35.9 Å². The number of hydrogen-bond donors (Lipinski definition) is 1. The van der Waals surface area contributed by atoms with Gasteiger partial charge < -0.3 is 24.6 Å². The lowest BCUT2D eigenvalue weighted by atomic mass is 9.83. The highest BCUT2D eigenvalue weighted by atomic mass is 16.9. The zero-order valence-electron chi connectivity index (χ0n) is 23.8. The lowest BCUT2D eigenvalue weighted by Crippen LogP contribution is -2.35. The first kappa shape index (κ1) is 30.4. The van der Waals surface area contributed by atoms with E-state index in [1.54, 1.807) is 12.1 Å². The summed E-state index contributed by atoms with van der Waals surface area (Å²) in [5, 5.41) is 22.7. The molecule has 0 aliphatic heterocycles. The standard InChI is InChI=1S/C32H48NO5/c1-5-7-8-26-9-15-30(16-10-26)33(35)37-22-21-36-25(4)38-32-19-13-29(14-20-32)27(6-2)23-24(3)28-11-17-31(34)18-12-28/h11-14,17-20,24-27,30,34H,5-10,15-16,21-23H2,1-4H3/q-1. The maximum atomic E-state index is 12.3. The number of hydrogen-bond acceptors (Lipinski definition) is 6. The molecule has 1 fully saturated rings. The number of nitrogens with zero attached hydrogens (tertiary/aromatic N) is 1. The van der Waals surface area contributed by atoms with Crippen molar-refractivity contribution in [1.82, 2.24) is 5.23 Å². The maximum absolute atomic E-state index is 12.3. The van der Waals surface area contributed by atoms with Crippen molar-refractivity contribution in [3.63, 3.8) is 0 Å². The van der Waals surface area contributed by atoms with Gasteiger partial charge >= 0.3 is 0 Å². The molecule has 2 aromatic rings. The molecule has 6 nitrogen and oxygen atoms in total. The zero-order chi connectivity index (χ0) is 27.3. The minimum atomic E-state index is -0.435. The van der Waals surface area contributed by atoms with Crippen LogP contribution in [0.25, 0.3) is 0 Å². The number of hydroxylamine groups is 2. The van der Waals surface area contributed by atoms with Crippen molar-refractivity contribution in [3.8, 4) is 11.5 Å². The average Bonchev–Trinajstić information content (AvgIpc) is 2.94. The third kappa shape index (κ3) is 9.88. The van der Waals surface area contributed by atoms with Crippen molar-refractivity contribution in [2.24, 2.45) is 5.92 Å². The molecule has 0 radical (unpaired) electrons. The predicted molar refractivity (Wildman–Crippen MR) is 153 cm³/mol. The summed E-state index contributed by atoms with van der Waals surface area (Å²) in [6.07, 6.45) is 9.57. The van der Waals surface area contributed by atoms with E-state index in [1.807, 2.05) is 31.2 Å². The maximum Gasteiger partial charge on any atom is 0.197 e. The van der Waals surface area contributed by atoms with E-state index >= 15 is 0 Å². The summed E-state index contributed by atoms with van der Waals surface area (Å²) in [6, 6.07) is 15.7. The molecule has 3 rings (SSSR count). The summed E-state index contributed by atoms with van der Waals surface area (Å²) >= 11 is 0. The molecule has 3 atom stereocenters. The Morgan fingerprint density at radius 2 is 1.58 bits per heavy atom. The largest absolute Gasteiger partial charge is 0.762 e. The van der Waals surface area contributed by atoms with Crippen molar-refractivity contribution in [2.45, 2.75) is 110 Å². The van der Waals surface area contributed by atoms with Crippen LogP contribution in [0.15, 0.2) is 48.5 Å². The molecule has 6 heteroatoms. The Morgan fingerprint density at radius 3 is 2.21 bits per heavy atom. The van der Waals surface area contributed by atoms with Crippen LogP contribution in [0, 0.1) is 11.1 Å². The van der Waals surface area contributed by atoms with Gasteiger partial charge in [-0.25, -0.2) is 0 Å². The molecule has 0 spiro atoms. The van der Waals surface area contributed by atoms with Crippen LogP contribution in [-0.2, 0) is 9.57 Å². The van der Waals surface area contributed by atoms with Crippen LogP contribution in [0.2, 0.25) is 0 Å². The highest BCUT2D eigenvalue weighted by molar-refractivity contribution is 5.31. The van der Waals surface area contributed by atoms with Gasteiger partial charge in [0.1, 0.15) is 11.5 Å². The summed E-state index contributed by atoms with van der Waals surface area (Å²) in [5.74, 6) is 2.68. The van der Waals surface area contributed by atoms with Crippen LogP contribution < -0.4 is 4.74 Å². The van der Waals surface area contributed by atoms with Crippen LogP contribution >= 0.6 is 0 Å². The van der Waals surface area contributed by atoms with Gasteiger partial charge in [0.05, 0.1) is 13.2 Å². The summed E-state index contributed by atoms with van der Waals surface area (Å²) in [5.41, 5.74) is 2.54. The van der Waals surface area contributed by atoms with E-state index in [9.17, 15) is 10.3 Å². The molecule has 1 aliphatic rings. The highest BCUT2D eigenvalue weighted by Crippen LogP contribution is 2.33. The smallest absolute Gasteiger partial charge is 0.197 e. The van der Waals surface area contributed by atoms with Gasteiger partial charge in [-0.3, -0.25) is 5.23 Å². The molecular weight excluding hydrogens is 478 g/mol. The van der Waals surface area contributed by atoms with Crippen LogP contribution in [0.5, 0.6) is 11.5 Å². The molecule has 0 bridgehead atoms. The Bertz CT molecular complexity index is 895. The van der Waals surface area contributed by atoms with Crippen LogP contribution in [0.4, 0.5) is 0 Å². The fourth-order valence-corrected chi connectivity index (χ4v) is 5.53. The fraction of sp³-hybridized carbons (Fsp3) is 0.625. The summed E-state index contributed by atoms with van der Waals surface area (Å²) < 4.78 is 11.6. The number of benzene rings is 2. The van der Waals surface area contributed by atoms with Crippen molar-refractivity contribution in [1.29, 1.82) is 0 Å². The second kappa shape index (κ2) is 16.1. The Morgan fingerprint density at radius 1 is 0.921 bits per heavy atom. The van der Waals surface area contributed by atoms with Crippen molar-refractivity contribution >= 4 is 0 Å². The van der Waals surface area contributed by atoms with Crippen molar-refractivity contribution in [3.05, 3.63) is 64.9 Å². The topological polar surface area (TPSA) is 74.2 Å². The van der Waals surface area contributed by atoms with E-state index in [2.05, 4.69) is 32.9 Å². The molecular formula is C32H48NO5-. The second-order valence-electron chi connectivity index (χ2n) is 10.9. The number of aromatic hydroxyl groups is 1. The van der Waals surface area contributed by atoms with E-state index in [0.29, 0.717) is 24.2 Å². The number of rotatable bonds is 16. The van der Waals surface area contributed by atoms with Crippen LogP contribution in [0.1, 0.15) is 108 Å². The Kier molecular flexibility index (Phi) is 12.9. The quantitative estimate of drug-likeness (QED) is 0.135. The molecule has 1 aliphatic carbocycles. The van der Waals surface area contributed by atoms with Crippen molar-refractivity contribution in [2.75, 3.05) is 13.2 Å². The molecule has 38 heavy (non-hydrogen) atoms. The summed E-state index contributed by atoms with van der Waals surface area (Å²) in [6.45, 7) is 9.07. The number of phenols is 1.